The molecule has 1 aromatic heterocycles. The summed E-state index contributed by atoms with van der Waals surface area (Å²) in [6.07, 6.45) is 2.35. The lowest BCUT2D eigenvalue weighted by Crippen LogP contribution is -2.29. The maximum Gasteiger partial charge on any atom is 0.148 e. The van der Waals surface area contributed by atoms with E-state index in [-0.39, 0.29) is 0 Å². The van der Waals surface area contributed by atoms with E-state index in [1.165, 1.54) is 12.8 Å². The van der Waals surface area contributed by atoms with E-state index in [2.05, 4.69) is 22.2 Å². The highest BCUT2D eigenvalue weighted by molar-refractivity contribution is 5.58. The lowest BCUT2D eigenvalue weighted by atomic mass is 10.2. The predicted molar refractivity (Wildman–Crippen MR) is 76.3 cm³/mol. The van der Waals surface area contributed by atoms with E-state index in [4.69, 9.17) is 15.6 Å². The Morgan fingerprint density at radius 1 is 1.42 bits per heavy atom. The van der Waals surface area contributed by atoms with Gasteiger partial charge in [-0.25, -0.2) is 15.8 Å². The van der Waals surface area contributed by atoms with Gasteiger partial charge in [-0.3, -0.25) is 0 Å². The molecule has 6 nitrogen and oxygen atoms in total. The highest BCUT2D eigenvalue weighted by atomic mass is 16.5. The Kier molecular flexibility index (Phi) is 4.55. The maximum absolute atomic E-state index is 5.57. The number of likely N-dealkylation sites (N-methyl/N-ethyl adjacent to an activating group) is 1. The summed E-state index contributed by atoms with van der Waals surface area (Å²) in [5.41, 5.74) is 3.68. The normalized spacial score (nSPS) is 14.5. The molecule has 0 saturated heterocycles. The molecule has 0 unspecified atom stereocenters. The standard InChI is InChI=1S/C13H23N5O/c1-4-18(7-8-19-3)13-9(2)11(17-14)15-12(16-13)10-5-6-10/h10H,4-8,14H2,1-3H3,(H,15,16,17). The fraction of sp³-hybridized carbons (Fsp3) is 0.692. The highest BCUT2D eigenvalue weighted by Gasteiger charge is 2.28. The van der Waals surface area contributed by atoms with E-state index in [0.717, 1.165) is 36.1 Å². The number of nitrogens with zero attached hydrogens (tertiary/aromatic N) is 3. The first-order valence-electron chi connectivity index (χ1n) is 6.80. The van der Waals surface area contributed by atoms with E-state index >= 15 is 0 Å². The van der Waals surface area contributed by atoms with Gasteiger partial charge in [-0.1, -0.05) is 0 Å². The van der Waals surface area contributed by atoms with Crippen LogP contribution in [0.2, 0.25) is 0 Å². The molecule has 1 aliphatic rings. The number of aromatic nitrogens is 2. The Labute approximate surface area is 114 Å². The molecule has 1 heterocycles. The molecule has 6 heteroatoms. The largest absolute Gasteiger partial charge is 0.383 e. The van der Waals surface area contributed by atoms with Crippen molar-refractivity contribution < 1.29 is 4.74 Å². The van der Waals surface area contributed by atoms with Crippen LogP contribution in [0, 0.1) is 6.92 Å². The minimum atomic E-state index is 0.507. The Hall–Kier alpha value is -1.40. The average molecular weight is 265 g/mol. The summed E-state index contributed by atoms with van der Waals surface area (Å²) < 4.78 is 5.16. The van der Waals surface area contributed by atoms with Gasteiger partial charge in [0.25, 0.3) is 0 Å². The van der Waals surface area contributed by atoms with E-state index in [1.54, 1.807) is 7.11 Å². The van der Waals surface area contributed by atoms with Gasteiger partial charge in [-0.05, 0) is 26.7 Å². The van der Waals surface area contributed by atoms with Crippen LogP contribution in [0.15, 0.2) is 0 Å². The number of nitrogens with one attached hydrogen (secondary N) is 1. The van der Waals surface area contributed by atoms with Gasteiger partial charge in [0, 0.05) is 31.7 Å². The van der Waals surface area contributed by atoms with Crippen molar-refractivity contribution in [2.75, 3.05) is 37.1 Å². The summed E-state index contributed by atoms with van der Waals surface area (Å²) >= 11 is 0. The molecule has 0 atom stereocenters. The molecule has 0 bridgehead atoms. The maximum atomic E-state index is 5.57. The Morgan fingerprint density at radius 3 is 2.68 bits per heavy atom. The summed E-state index contributed by atoms with van der Waals surface area (Å²) in [5.74, 6) is 8.67. The number of hydrogen-bond acceptors (Lipinski definition) is 6. The van der Waals surface area contributed by atoms with Crippen molar-refractivity contribution in [1.82, 2.24) is 9.97 Å². The molecule has 1 fully saturated rings. The van der Waals surface area contributed by atoms with Crippen LogP contribution in [0.25, 0.3) is 0 Å². The fourth-order valence-electron chi connectivity index (χ4n) is 2.11. The van der Waals surface area contributed by atoms with Crippen molar-refractivity contribution in [2.45, 2.75) is 32.6 Å². The van der Waals surface area contributed by atoms with Crippen LogP contribution in [0.1, 0.15) is 37.1 Å². The molecule has 0 spiro atoms. The molecular formula is C13H23N5O. The predicted octanol–water partition coefficient (Wildman–Crippen LogP) is 1.42. The molecule has 19 heavy (non-hydrogen) atoms. The number of nitrogen functional groups attached to an aromatic ring is 1. The van der Waals surface area contributed by atoms with Crippen LogP contribution < -0.4 is 16.2 Å². The van der Waals surface area contributed by atoms with Crippen LogP contribution >= 0.6 is 0 Å². The smallest absolute Gasteiger partial charge is 0.148 e. The monoisotopic (exact) mass is 265 g/mol. The Bertz CT molecular complexity index is 433. The number of ether oxygens (including phenoxy) is 1. The zero-order valence-electron chi connectivity index (χ0n) is 11.9. The van der Waals surface area contributed by atoms with Crippen LogP contribution in [-0.2, 0) is 4.74 Å². The van der Waals surface area contributed by atoms with Crippen molar-refractivity contribution >= 4 is 11.6 Å². The molecule has 1 aromatic rings. The zero-order chi connectivity index (χ0) is 13.8. The molecule has 0 radical (unpaired) electrons. The third kappa shape index (κ3) is 3.13. The summed E-state index contributed by atoms with van der Waals surface area (Å²) in [5, 5.41) is 0. The average Bonchev–Trinajstić information content (AvgIpc) is 3.25. The summed E-state index contributed by atoms with van der Waals surface area (Å²) in [7, 11) is 1.71. The molecule has 2 rings (SSSR count). The van der Waals surface area contributed by atoms with Crippen molar-refractivity contribution in [3.05, 3.63) is 11.4 Å². The minimum absolute atomic E-state index is 0.507. The van der Waals surface area contributed by atoms with Gasteiger partial charge in [0.1, 0.15) is 17.5 Å². The topological polar surface area (TPSA) is 76.3 Å². The Morgan fingerprint density at radius 2 is 2.16 bits per heavy atom. The molecule has 0 aliphatic heterocycles. The van der Waals surface area contributed by atoms with Crippen molar-refractivity contribution in [3.63, 3.8) is 0 Å². The Balaban J connectivity index is 2.32. The number of anilines is 2. The van der Waals surface area contributed by atoms with Gasteiger partial charge >= 0.3 is 0 Å². The van der Waals surface area contributed by atoms with Crippen LogP contribution in [0.4, 0.5) is 11.6 Å². The molecule has 3 N–H and O–H groups in total. The lowest BCUT2D eigenvalue weighted by Gasteiger charge is -2.24. The van der Waals surface area contributed by atoms with Crippen LogP contribution in [0.3, 0.4) is 0 Å². The fourth-order valence-corrected chi connectivity index (χ4v) is 2.11. The molecule has 0 aromatic carbocycles. The number of hydrogen-bond donors (Lipinski definition) is 2. The van der Waals surface area contributed by atoms with E-state index < -0.39 is 0 Å². The van der Waals surface area contributed by atoms with Crippen LogP contribution in [0.5, 0.6) is 0 Å². The van der Waals surface area contributed by atoms with Crippen molar-refractivity contribution in [1.29, 1.82) is 0 Å². The zero-order valence-corrected chi connectivity index (χ0v) is 11.9. The summed E-state index contributed by atoms with van der Waals surface area (Å²) in [4.78, 5) is 11.4. The van der Waals surface area contributed by atoms with Gasteiger partial charge in [0.2, 0.25) is 0 Å². The first kappa shape index (κ1) is 14.0. The second-order valence-electron chi connectivity index (χ2n) is 4.87. The summed E-state index contributed by atoms with van der Waals surface area (Å²) in [6, 6.07) is 0. The number of nitrogens with two attached hydrogens (primary N) is 1. The van der Waals surface area contributed by atoms with Gasteiger partial charge in [-0.15, -0.1) is 0 Å². The minimum Gasteiger partial charge on any atom is -0.383 e. The molecule has 1 aliphatic carbocycles. The first-order valence-corrected chi connectivity index (χ1v) is 6.80. The number of rotatable bonds is 7. The second kappa shape index (κ2) is 6.16. The third-order valence-corrected chi connectivity index (χ3v) is 3.46. The first-order chi connectivity index (χ1) is 9.21. The van der Waals surface area contributed by atoms with E-state index in [1.807, 2.05) is 6.92 Å². The van der Waals surface area contributed by atoms with E-state index in [9.17, 15) is 0 Å². The molecule has 0 amide bonds. The van der Waals surface area contributed by atoms with Gasteiger partial charge in [0.15, 0.2) is 0 Å². The van der Waals surface area contributed by atoms with E-state index in [0.29, 0.717) is 12.5 Å². The SMILES string of the molecule is CCN(CCOC)c1nc(C2CC2)nc(NN)c1C. The number of hydrazine groups is 1. The van der Waals surface area contributed by atoms with Gasteiger partial charge in [0.05, 0.1) is 6.61 Å². The second-order valence-corrected chi connectivity index (χ2v) is 4.87. The molecule has 106 valence electrons. The number of methoxy groups -OCH3 is 1. The van der Waals surface area contributed by atoms with Gasteiger partial charge in [-0.2, -0.15) is 0 Å². The molecule has 1 saturated carbocycles. The molecular weight excluding hydrogens is 242 g/mol. The van der Waals surface area contributed by atoms with Gasteiger partial charge < -0.3 is 15.1 Å². The summed E-state index contributed by atoms with van der Waals surface area (Å²) in [6.45, 7) is 6.50. The van der Waals surface area contributed by atoms with Crippen molar-refractivity contribution in [2.24, 2.45) is 5.84 Å². The van der Waals surface area contributed by atoms with Crippen molar-refractivity contribution in [3.8, 4) is 0 Å². The highest BCUT2D eigenvalue weighted by Crippen LogP contribution is 2.39. The lowest BCUT2D eigenvalue weighted by molar-refractivity contribution is 0.205. The quantitative estimate of drug-likeness (QED) is 0.573. The van der Waals surface area contributed by atoms with Crippen LogP contribution in [-0.4, -0.2) is 36.8 Å². The third-order valence-electron chi connectivity index (χ3n) is 3.46.